The SMILES string of the molecule is C[C@@H](NC(=O)CN(C)Cc1ccco1)c1ccc2c(c1)CCCC2. The number of fused-ring (bicyclic) bond motifs is 1. The van der Waals surface area contributed by atoms with Gasteiger partial charge in [0.1, 0.15) is 5.76 Å². The average molecular weight is 326 g/mol. The first kappa shape index (κ1) is 16.8. The lowest BCUT2D eigenvalue weighted by Crippen LogP contribution is -2.36. The molecule has 4 heteroatoms. The maximum atomic E-state index is 12.3. The molecule has 0 saturated carbocycles. The van der Waals surface area contributed by atoms with Gasteiger partial charge in [0.05, 0.1) is 25.4 Å². The van der Waals surface area contributed by atoms with E-state index in [2.05, 4.69) is 30.4 Å². The van der Waals surface area contributed by atoms with Crippen molar-refractivity contribution in [2.75, 3.05) is 13.6 Å². The number of aryl methyl sites for hydroxylation is 2. The number of nitrogens with one attached hydrogen (secondary N) is 1. The Morgan fingerprint density at radius 3 is 2.79 bits per heavy atom. The topological polar surface area (TPSA) is 45.5 Å². The fraction of sp³-hybridized carbons (Fsp3) is 0.450. The molecule has 2 aromatic rings. The molecule has 24 heavy (non-hydrogen) atoms. The van der Waals surface area contributed by atoms with Crippen LogP contribution in [0.25, 0.3) is 0 Å². The van der Waals surface area contributed by atoms with Crippen LogP contribution in [0.1, 0.15) is 48.3 Å². The molecule has 1 aromatic carbocycles. The smallest absolute Gasteiger partial charge is 0.234 e. The summed E-state index contributed by atoms with van der Waals surface area (Å²) in [5.41, 5.74) is 4.12. The summed E-state index contributed by atoms with van der Waals surface area (Å²) >= 11 is 0. The molecule has 4 nitrogen and oxygen atoms in total. The van der Waals surface area contributed by atoms with Gasteiger partial charge in [-0.05, 0) is 68.5 Å². The van der Waals surface area contributed by atoms with Gasteiger partial charge in [-0.25, -0.2) is 0 Å². The molecule has 1 N–H and O–H groups in total. The minimum absolute atomic E-state index is 0.0294. The maximum Gasteiger partial charge on any atom is 0.234 e. The fourth-order valence-corrected chi connectivity index (χ4v) is 3.36. The summed E-state index contributed by atoms with van der Waals surface area (Å²) in [4.78, 5) is 14.2. The first-order chi connectivity index (χ1) is 11.6. The van der Waals surface area contributed by atoms with Gasteiger partial charge >= 0.3 is 0 Å². The number of likely N-dealkylation sites (N-methyl/N-ethyl adjacent to an activating group) is 1. The highest BCUT2D eigenvalue weighted by molar-refractivity contribution is 5.78. The summed E-state index contributed by atoms with van der Waals surface area (Å²) in [5.74, 6) is 0.905. The van der Waals surface area contributed by atoms with Crippen molar-refractivity contribution >= 4 is 5.91 Å². The molecule has 1 aromatic heterocycles. The number of carbonyl (C=O) groups is 1. The minimum Gasteiger partial charge on any atom is -0.468 e. The molecule has 1 amide bonds. The number of carbonyl (C=O) groups excluding carboxylic acids is 1. The van der Waals surface area contributed by atoms with Crippen molar-refractivity contribution < 1.29 is 9.21 Å². The second-order valence-corrected chi connectivity index (χ2v) is 6.78. The van der Waals surface area contributed by atoms with E-state index in [0.29, 0.717) is 13.1 Å². The zero-order valence-electron chi connectivity index (χ0n) is 14.5. The predicted octanol–water partition coefficient (Wildman–Crippen LogP) is 3.47. The number of hydrogen-bond acceptors (Lipinski definition) is 3. The van der Waals surface area contributed by atoms with Gasteiger partial charge in [-0.3, -0.25) is 9.69 Å². The van der Waals surface area contributed by atoms with Gasteiger partial charge < -0.3 is 9.73 Å². The summed E-state index contributed by atoms with van der Waals surface area (Å²) in [7, 11) is 1.92. The zero-order chi connectivity index (χ0) is 16.9. The summed E-state index contributed by atoms with van der Waals surface area (Å²) in [6.07, 6.45) is 6.57. The largest absolute Gasteiger partial charge is 0.468 e. The van der Waals surface area contributed by atoms with E-state index in [1.807, 2.05) is 24.1 Å². The van der Waals surface area contributed by atoms with E-state index in [-0.39, 0.29) is 11.9 Å². The van der Waals surface area contributed by atoms with Crippen LogP contribution in [0.5, 0.6) is 0 Å². The van der Waals surface area contributed by atoms with Gasteiger partial charge in [-0.1, -0.05) is 18.2 Å². The third-order valence-corrected chi connectivity index (χ3v) is 4.67. The summed E-state index contributed by atoms with van der Waals surface area (Å²) in [6, 6.07) is 10.5. The van der Waals surface area contributed by atoms with Crippen molar-refractivity contribution in [3.8, 4) is 0 Å². The van der Waals surface area contributed by atoms with Crippen LogP contribution in [0, 0.1) is 0 Å². The molecule has 0 aliphatic heterocycles. The lowest BCUT2D eigenvalue weighted by molar-refractivity contribution is -0.122. The van der Waals surface area contributed by atoms with Crippen LogP contribution in [-0.4, -0.2) is 24.4 Å². The Kier molecular flexibility index (Phi) is 5.36. The van der Waals surface area contributed by atoms with Gasteiger partial charge in [0.2, 0.25) is 5.91 Å². The Bertz CT molecular complexity index is 679. The number of nitrogens with zero attached hydrogens (tertiary/aromatic N) is 1. The van der Waals surface area contributed by atoms with E-state index < -0.39 is 0 Å². The number of furan rings is 1. The Morgan fingerprint density at radius 2 is 2.04 bits per heavy atom. The van der Waals surface area contributed by atoms with Crippen LogP contribution in [0.15, 0.2) is 41.0 Å². The maximum absolute atomic E-state index is 12.3. The predicted molar refractivity (Wildman–Crippen MR) is 94.7 cm³/mol. The molecule has 0 spiro atoms. The normalized spacial score (nSPS) is 15.1. The molecule has 1 aliphatic rings. The summed E-state index contributed by atoms with van der Waals surface area (Å²) in [6.45, 7) is 3.04. The van der Waals surface area contributed by atoms with Crippen LogP contribution >= 0.6 is 0 Å². The second-order valence-electron chi connectivity index (χ2n) is 6.78. The molecule has 1 aliphatic carbocycles. The third kappa shape index (κ3) is 4.26. The van der Waals surface area contributed by atoms with Crippen LogP contribution in [0.2, 0.25) is 0 Å². The van der Waals surface area contributed by atoms with Gasteiger partial charge in [0.25, 0.3) is 0 Å². The van der Waals surface area contributed by atoms with Crippen molar-refractivity contribution in [3.63, 3.8) is 0 Å². The van der Waals surface area contributed by atoms with Crippen molar-refractivity contribution in [2.45, 2.75) is 45.2 Å². The second kappa shape index (κ2) is 7.67. The van der Waals surface area contributed by atoms with Crippen molar-refractivity contribution in [3.05, 3.63) is 59.0 Å². The number of benzene rings is 1. The summed E-state index contributed by atoms with van der Waals surface area (Å²) in [5, 5.41) is 3.10. The zero-order valence-corrected chi connectivity index (χ0v) is 14.5. The van der Waals surface area contributed by atoms with Gasteiger partial charge in [-0.15, -0.1) is 0 Å². The van der Waals surface area contributed by atoms with Gasteiger partial charge in [-0.2, -0.15) is 0 Å². The van der Waals surface area contributed by atoms with Crippen molar-refractivity contribution in [1.82, 2.24) is 10.2 Å². The van der Waals surface area contributed by atoms with E-state index >= 15 is 0 Å². The van der Waals surface area contributed by atoms with Crippen molar-refractivity contribution in [2.24, 2.45) is 0 Å². The molecular weight excluding hydrogens is 300 g/mol. The fourth-order valence-electron chi connectivity index (χ4n) is 3.36. The van der Waals surface area contributed by atoms with E-state index in [0.717, 1.165) is 12.2 Å². The molecular formula is C20H26N2O2. The number of amides is 1. The Hall–Kier alpha value is -2.07. The first-order valence-electron chi connectivity index (χ1n) is 8.74. The molecule has 1 atom stereocenters. The Labute approximate surface area is 143 Å². The molecule has 128 valence electrons. The quantitative estimate of drug-likeness (QED) is 0.884. The molecule has 0 unspecified atom stereocenters. The highest BCUT2D eigenvalue weighted by atomic mass is 16.3. The third-order valence-electron chi connectivity index (χ3n) is 4.67. The number of hydrogen-bond donors (Lipinski definition) is 1. The lowest BCUT2D eigenvalue weighted by Gasteiger charge is -2.21. The van der Waals surface area contributed by atoms with Crippen molar-refractivity contribution in [1.29, 1.82) is 0 Å². The summed E-state index contributed by atoms with van der Waals surface area (Å²) < 4.78 is 5.32. The van der Waals surface area contributed by atoms with E-state index in [4.69, 9.17) is 4.42 Å². The molecule has 0 saturated heterocycles. The molecule has 0 fully saturated rings. The average Bonchev–Trinajstić information content (AvgIpc) is 3.06. The minimum atomic E-state index is 0.0294. The van der Waals surface area contributed by atoms with Crippen LogP contribution in [0.3, 0.4) is 0 Å². The van der Waals surface area contributed by atoms with Crippen LogP contribution < -0.4 is 5.32 Å². The molecule has 1 heterocycles. The first-order valence-corrected chi connectivity index (χ1v) is 8.74. The molecule has 0 bridgehead atoms. The number of rotatable bonds is 6. The standard InChI is InChI=1S/C20H26N2O2/c1-15(17-10-9-16-6-3-4-7-18(16)12-17)21-20(23)14-22(2)13-19-8-5-11-24-19/h5,8-12,15H,3-4,6-7,13-14H2,1-2H3,(H,21,23)/t15-/m1/s1. The van der Waals surface area contributed by atoms with Crippen LogP contribution in [0.4, 0.5) is 0 Å². The highest BCUT2D eigenvalue weighted by Gasteiger charge is 2.15. The highest BCUT2D eigenvalue weighted by Crippen LogP contribution is 2.24. The lowest BCUT2D eigenvalue weighted by atomic mass is 9.89. The van der Waals surface area contributed by atoms with Crippen LogP contribution in [-0.2, 0) is 24.2 Å². The Balaban J connectivity index is 1.54. The Morgan fingerprint density at radius 1 is 1.25 bits per heavy atom. The van der Waals surface area contributed by atoms with E-state index in [1.165, 1.54) is 36.0 Å². The van der Waals surface area contributed by atoms with Gasteiger partial charge in [0, 0.05) is 0 Å². The van der Waals surface area contributed by atoms with Gasteiger partial charge in [0.15, 0.2) is 0 Å². The van der Waals surface area contributed by atoms with E-state index in [9.17, 15) is 4.79 Å². The molecule has 0 radical (unpaired) electrons. The van der Waals surface area contributed by atoms with E-state index in [1.54, 1.807) is 6.26 Å². The monoisotopic (exact) mass is 326 g/mol. The molecule has 3 rings (SSSR count).